The maximum atomic E-state index is 14.0. The fraction of sp³-hybridized carbons (Fsp3) is 0.143. The van der Waals surface area contributed by atoms with E-state index in [1.54, 1.807) is 6.07 Å². The molecule has 0 radical (unpaired) electrons. The molecule has 0 heterocycles. The Balaban J connectivity index is 2.55. The third-order valence-electron chi connectivity index (χ3n) is 3.00. The molecule has 100 valence electrons. The van der Waals surface area contributed by atoms with E-state index in [4.69, 9.17) is 5.84 Å². The van der Waals surface area contributed by atoms with Crippen molar-refractivity contribution in [2.75, 3.05) is 0 Å². The van der Waals surface area contributed by atoms with Crippen LogP contribution in [-0.2, 0) is 0 Å². The first-order chi connectivity index (χ1) is 9.06. The number of hydrogen-bond acceptors (Lipinski definition) is 2. The highest BCUT2D eigenvalue weighted by Gasteiger charge is 2.21. The van der Waals surface area contributed by atoms with Crippen molar-refractivity contribution < 1.29 is 8.78 Å². The predicted molar refractivity (Wildman–Crippen MR) is 74.4 cm³/mol. The van der Waals surface area contributed by atoms with Gasteiger partial charge in [0.15, 0.2) is 11.6 Å². The summed E-state index contributed by atoms with van der Waals surface area (Å²) in [4.78, 5) is 0. The summed E-state index contributed by atoms with van der Waals surface area (Å²) in [5, 5.41) is 0. The Labute approximate surface area is 118 Å². The molecule has 0 aliphatic rings. The van der Waals surface area contributed by atoms with Gasteiger partial charge in [0.2, 0.25) is 0 Å². The van der Waals surface area contributed by atoms with Gasteiger partial charge in [-0.2, -0.15) is 0 Å². The summed E-state index contributed by atoms with van der Waals surface area (Å²) in [7, 11) is 0. The van der Waals surface area contributed by atoms with E-state index in [1.807, 2.05) is 18.2 Å². The monoisotopic (exact) mass is 326 g/mol. The highest BCUT2D eigenvalue weighted by Crippen LogP contribution is 2.30. The van der Waals surface area contributed by atoms with Crippen LogP contribution in [0.2, 0.25) is 0 Å². The first kappa shape index (κ1) is 14.1. The van der Waals surface area contributed by atoms with Crippen LogP contribution in [0.5, 0.6) is 0 Å². The Hall–Kier alpha value is -1.30. The molecule has 2 aromatic rings. The second kappa shape index (κ2) is 5.77. The van der Waals surface area contributed by atoms with Gasteiger partial charge in [-0.3, -0.25) is 5.84 Å². The minimum absolute atomic E-state index is 0.178. The Kier molecular flexibility index (Phi) is 4.29. The van der Waals surface area contributed by atoms with Gasteiger partial charge in [0.05, 0.1) is 6.04 Å². The van der Waals surface area contributed by atoms with E-state index in [0.717, 1.165) is 10.0 Å². The molecule has 1 atom stereocenters. The summed E-state index contributed by atoms with van der Waals surface area (Å²) in [6.07, 6.45) is 0. The zero-order chi connectivity index (χ0) is 14.0. The zero-order valence-electron chi connectivity index (χ0n) is 10.3. The van der Waals surface area contributed by atoms with Crippen LogP contribution in [0.25, 0.3) is 0 Å². The van der Waals surface area contributed by atoms with Gasteiger partial charge in [0.1, 0.15) is 0 Å². The molecule has 0 amide bonds. The molecule has 0 fully saturated rings. The average molecular weight is 327 g/mol. The smallest absolute Gasteiger partial charge is 0.164 e. The molecule has 0 bridgehead atoms. The van der Waals surface area contributed by atoms with Crippen LogP contribution in [0.4, 0.5) is 8.78 Å². The molecule has 19 heavy (non-hydrogen) atoms. The number of nitrogens with two attached hydrogens (primary N) is 1. The molecule has 0 saturated heterocycles. The van der Waals surface area contributed by atoms with E-state index in [0.29, 0.717) is 0 Å². The number of halogens is 3. The molecular formula is C14H13BrF2N2. The van der Waals surface area contributed by atoms with Gasteiger partial charge in [-0.15, -0.1) is 0 Å². The largest absolute Gasteiger partial charge is 0.271 e. The summed E-state index contributed by atoms with van der Waals surface area (Å²) < 4.78 is 28.5. The molecule has 0 saturated carbocycles. The van der Waals surface area contributed by atoms with Crippen molar-refractivity contribution in [2.45, 2.75) is 13.0 Å². The molecule has 2 aromatic carbocycles. The molecule has 0 aliphatic heterocycles. The standard InChI is InChI=1S/C14H13BrF2N2/c1-8-6-7-10(13(17)12(8)16)14(19-18)9-4-2-3-5-11(9)15/h2-7,14,19H,18H2,1H3. The van der Waals surface area contributed by atoms with Crippen molar-refractivity contribution in [3.05, 3.63) is 69.2 Å². The minimum Gasteiger partial charge on any atom is -0.271 e. The zero-order valence-corrected chi connectivity index (χ0v) is 11.8. The van der Waals surface area contributed by atoms with Crippen molar-refractivity contribution in [3.8, 4) is 0 Å². The second-order valence-electron chi connectivity index (χ2n) is 4.22. The molecule has 0 aromatic heterocycles. The van der Waals surface area contributed by atoms with E-state index >= 15 is 0 Å². The molecule has 0 spiro atoms. The number of nitrogens with one attached hydrogen (secondary N) is 1. The highest BCUT2D eigenvalue weighted by atomic mass is 79.9. The Morgan fingerprint density at radius 1 is 1.05 bits per heavy atom. The maximum Gasteiger partial charge on any atom is 0.164 e. The van der Waals surface area contributed by atoms with Crippen molar-refractivity contribution in [1.82, 2.24) is 5.43 Å². The Bertz CT molecular complexity index is 602. The molecule has 0 aliphatic carbocycles. The lowest BCUT2D eigenvalue weighted by Crippen LogP contribution is -2.30. The van der Waals surface area contributed by atoms with Crippen molar-refractivity contribution in [3.63, 3.8) is 0 Å². The van der Waals surface area contributed by atoms with Crippen LogP contribution >= 0.6 is 15.9 Å². The van der Waals surface area contributed by atoms with Gasteiger partial charge in [-0.05, 0) is 24.1 Å². The number of hydrogen-bond donors (Lipinski definition) is 2. The Morgan fingerprint density at radius 3 is 2.37 bits per heavy atom. The van der Waals surface area contributed by atoms with E-state index < -0.39 is 17.7 Å². The fourth-order valence-corrected chi connectivity index (χ4v) is 2.45. The molecule has 1 unspecified atom stereocenters. The lowest BCUT2D eigenvalue weighted by atomic mass is 9.97. The first-order valence-corrected chi connectivity index (χ1v) is 6.50. The summed E-state index contributed by atoms with van der Waals surface area (Å²) in [5.74, 6) is 3.78. The number of hydrazine groups is 1. The normalized spacial score (nSPS) is 12.5. The topological polar surface area (TPSA) is 38.0 Å². The highest BCUT2D eigenvalue weighted by molar-refractivity contribution is 9.10. The van der Waals surface area contributed by atoms with Crippen LogP contribution in [0.3, 0.4) is 0 Å². The second-order valence-corrected chi connectivity index (χ2v) is 5.08. The van der Waals surface area contributed by atoms with E-state index in [2.05, 4.69) is 21.4 Å². The van der Waals surface area contributed by atoms with E-state index in [9.17, 15) is 8.78 Å². The van der Waals surface area contributed by atoms with Crippen LogP contribution in [0.1, 0.15) is 22.7 Å². The van der Waals surface area contributed by atoms with Gasteiger partial charge < -0.3 is 0 Å². The predicted octanol–water partition coefficient (Wildman–Crippen LogP) is 3.59. The molecule has 2 rings (SSSR count). The summed E-state index contributed by atoms with van der Waals surface area (Å²) >= 11 is 3.38. The van der Waals surface area contributed by atoms with Gasteiger partial charge in [-0.1, -0.05) is 46.3 Å². The van der Waals surface area contributed by atoms with Crippen molar-refractivity contribution >= 4 is 15.9 Å². The Morgan fingerprint density at radius 2 is 1.74 bits per heavy atom. The van der Waals surface area contributed by atoms with Gasteiger partial charge in [0.25, 0.3) is 0 Å². The van der Waals surface area contributed by atoms with Crippen molar-refractivity contribution in [2.24, 2.45) is 5.84 Å². The SMILES string of the molecule is Cc1ccc(C(NN)c2ccccc2Br)c(F)c1F. The van der Waals surface area contributed by atoms with E-state index in [1.165, 1.54) is 19.1 Å². The maximum absolute atomic E-state index is 14.0. The number of rotatable bonds is 3. The number of benzene rings is 2. The summed E-state index contributed by atoms with van der Waals surface area (Å²) in [6.45, 7) is 1.52. The van der Waals surface area contributed by atoms with Gasteiger partial charge in [-0.25, -0.2) is 14.2 Å². The van der Waals surface area contributed by atoms with Gasteiger partial charge >= 0.3 is 0 Å². The quantitative estimate of drug-likeness (QED) is 0.668. The average Bonchev–Trinajstić information content (AvgIpc) is 2.41. The molecule has 3 N–H and O–H groups in total. The fourth-order valence-electron chi connectivity index (χ4n) is 1.94. The molecule has 5 heteroatoms. The minimum atomic E-state index is -0.876. The summed E-state index contributed by atoms with van der Waals surface area (Å²) in [6, 6.07) is 9.73. The first-order valence-electron chi connectivity index (χ1n) is 5.71. The lowest BCUT2D eigenvalue weighted by Gasteiger charge is -2.19. The van der Waals surface area contributed by atoms with Crippen LogP contribution in [0.15, 0.2) is 40.9 Å². The molecule has 2 nitrogen and oxygen atoms in total. The van der Waals surface area contributed by atoms with Crippen LogP contribution in [0, 0.1) is 18.6 Å². The summed E-state index contributed by atoms with van der Waals surface area (Å²) in [5.41, 5.74) is 3.72. The third kappa shape index (κ3) is 2.68. The third-order valence-corrected chi connectivity index (χ3v) is 3.72. The van der Waals surface area contributed by atoms with Crippen molar-refractivity contribution in [1.29, 1.82) is 0 Å². The number of aryl methyl sites for hydroxylation is 1. The van der Waals surface area contributed by atoms with Gasteiger partial charge in [0, 0.05) is 10.0 Å². The van der Waals surface area contributed by atoms with E-state index in [-0.39, 0.29) is 11.1 Å². The molecular weight excluding hydrogens is 314 g/mol. The lowest BCUT2D eigenvalue weighted by molar-refractivity contribution is 0.478. The van der Waals surface area contributed by atoms with Crippen LogP contribution in [-0.4, -0.2) is 0 Å². The van der Waals surface area contributed by atoms with Crippen LogP contribution < -0.4 is 11.3 Å².